The number of amides is 1. The predicted octanol–water partition coefficient (Wildman–Crippen LogP) is 2.75. The lowest BCUT2D eigenvalue weighted by molar-refractivity contribution is -0.125. The predicted molar refractivity (Wildman–Crippen MR) is 81.0 cm³/mol. The standard InChI is InChI=1S/C16H21NO3/c1-5-11-17(6-2)16(18)10-8-13-7-9-14(19-3)15(12-13)20-4/h5,7-10,12H,1,6,11H2,2-4H3/b10-8+. The van der Waals surface area contributed by atoms with Gasteiger partial charge in [0.25, 0.3) is 0 Å². The van der Waals surface area contributed by atoms with E-state index in [1.54, 1.807) is 37.3 Å². The lowest BCUT2D eigenvalue weighted by atomic mass is 10.2. The van der Waals surface area contributed by atoms with Gasteiger partial charge in [-0.15, -0.1) is 6.58 Å². The van der Waals surface area contributed by atoms with Crippen LogP contribution in [0.25, 0.3) is 6.08 Å². The fourth-order valence-corrected chi connectivity index (χ4v) is 1.76. The van der Waals surface area contributed by atoms with E-state index in [0.29, 0.717) is 24.6 Å². The Morgan fingerprint density at radius 1 is 1.30 bits per heavy atom. The molecule has 0 heterocycles. The van der Waals surface area contributed by atoms with Crippen LogP contribution in [-0.4, -0.2) is 38.1 Å². The summed E-state index contributed by atoms with van der Waals surface area (Å²) in [6.45, 7) is 6.78. The molecule has 1 amide bonds. The van der Waals surface area contributed by atoms with E-state index in [1.807, 2.05) is 25.1 Å². The zero-order valence-corrected chi connectivity index (χ0v) is 12.3. The van der Waals surface area contributed by atoms with Gasteiger partial charge in [-0.2, -0.15) is 0 Å². The first-order chi connectivity index (χ1) is 9.65. The maximum Gasteiger partial charge on any atom is 0.246 e. The Hall–Kier alpha value is -2.23. The number of nitrogens with zero attached hydrogens (tertiary/aromatic N) is 1. The number of likely N-dealkylation sites (N-methyl/N-ethyl adjacent to an activating group) is 1. The molecule has 1 aromatic rings. The van der Waals surface area contributed by atoms with Gasteiger partial charge in [0.2, 0.25) is 5.91 Å². The van der Waals surface area contributed by atoms with Gasteiger partial charge in [0.05, 0.1) is 14.2 Å². The minimum Gasteiger partial charge on any atom is -0.493 e. The molecule has 0 aliphatic rings. The average Bonchev–Trinajstić information content (AvgIpc) is 2.49. The highest BCUT2D eigenvalue weighted by Gasteiger charge is 2.06. The van der Waals surface area contributed by atoms with Crippen LogP contribution in [0.4, 0.5) is 0 Å². The van der Waals surface area contributed by atoms with E-state index < -0.39 is 0 Å². The summed E-state index contributed by atoms with van der Waals surface area (Å²) < 4.78 is 10.4. The number of hydrogen-bond donors (Lipinski definition) is 0. The van der Waals surface area contributed by atoms with Gasteiger partial charge in [0.15, 0.2) is 11.5 Å². The van der Waals surface area contributed by atoms with Crippen molar-refractivity contribution in [1.29, 1.82) is 0 Å². The van der Waals surface area contributed by atoms with Crippen molar-refractivity contribution in [1.82, 2.24) is 4.90 Å². The molecule has 0 unspecified atom stereocenters. The van der Waals surface area contributed by atoms with Crippen LogP contribution in [0.5, 0.6) is 11.5 Å². The van der Waals surface area contributed by atoms with Gasteiger partial charge in [-0.3, -0.25) is 4.79 Å². The van der Waals surface area contributed by atoms with E-state index in [4.69, 9.17) is 9.47 Å². The lowest BCUT2D eigenvalue weighted by Crippen LogP contribution is -2.29. The molecule has 1 rings (SSSR count). The summed E-state index contributed by atoms with van der Waals surface area (Å²) in [4.78, 5) is 13.6. The maximum atomic E-state index is 12.0. The van der Waals surface area contributed by atoms with Crippen LogP contribution < -0.4 is 9.47 Å². The third kappa shape index (κ3) is 4.16. The second kappa shape index (κ2) is 8.04. The molecular weight excluding hydrogens is 254 g/mol. The summed E-state index contributed by atoms with van der Waals surface area (Å²) in [5.74, 6) is 1.26. The number of hydrogen-bond acceptors (Lipinski definition) is 3. The Morgan fingerprint density at radius 2 is 2.00 bits per heavy atom. The molecule has 0 saturated carbocycles. The molecule has 0 aromatic heterocycles. The Labute approximate surface area is 120 Å². The smallest absolute Gasteiger partial charge is 0.246 e. The molecule has 1 aromatic carbocycles. The number of carbonyl (C=O) groups is 1. The van der Waals surface area contributed by atoms with Gasteiger partial charge in [-0.25, -0.2) is 0 Å². The minimum absolute atomic E-state index is 0.0396. The van der Waals surface area contributed by atoms with Crippen molar-refractivity contribution >= 4 is 12.0 Å². The van der Waals surface area contributed by atoms with Crippen LogP contribution in [0.15, 0.2) is 36.9 Å². The number of ether oxygens (including phenoxy) is 2. The van der Waals surface area contributed by atoms with E-state index >= 15 is 0 Å². The summed E-state index contributed by atoms with van der Waals surface area (Å²) in [6.07, 6.45) is 5.02. The highest BCUT2D eigenvalue weighted by atomic mass is 16.5. The van der Waals surface area contributed by atoms with Crippen molar-refractivity contribution in [2.45, 2.75) is 6.92 Å². The largest absolute Gasteiger partial charge is 0.493 e. The van der Waals surface area contributed by atoms with Crippen LogP contribution in [0.1, 0.15) is 12.5 Å². The molecular formula is C16H21NO3. The SMILES string of the molecule is C=CCN(CC)C(=O)/C=C/c1ccc(OC)c(OC)c1. The van der Waals surface area contributed by atoms with Gasteiger partial charge in [-0.1, -0.05) is 12.1 Å². The van der Waals surface area contributed by atoms with Gasteiger partial charge in [-0.05, 0) is 30.7 Å². The molecule has 0 N–H and O–H groups in total. The van der Waals surface area contributed by atoms with E-state index in [9.17, 15) is 4.79 Å². The van der Waals surface area contributed by atoms with Crippen LogP contribution in [0.2, 0.25) is 0 Å². The van der Waals surface area contributed by atoms with Crippen LogP contribution in [0.3, 0.4) is 0 Å². The van der Waals surface area contributed by atoms with Crippen molar-refractivity contribution in [3.05, 3.63) is 42.5 Å². The number of methoxy groups -OCH3 is 2. The van der Waals surface area contributed by atoms with Crippen LogP contribution >= 0.6 is 0 Å². The number of rotatable bonds is 7. The lowest BCUT2D eigenvalue weighted by Gasteiger charge is -2.16. The summed E-state index contributed by atoms with van der Waals surface area (Å²) in [6, 6.07) is 5.51. The van der Waals surface area contributed by atoms with E-state index in [-0.39, 0.29) is 5.91 Å². The van der Waals surface area contributed by atoms with E-state index in [2.05, 4.69) is 6.58 Å². The maximum absolute atomic E-state index is 12.0. The molecule has 0 spiro atoms. The Morgan fingerprint density at radius 3 is 2.55 bits per heavy atom. The molecule has 0 aliphatic carbocycles. The molecule has 4 heteroatoms. The van der Waals surface area contributed by atoms with Gasteiger partial charge >= 0.3 is 0 Å². The molecule has 108 valence electrons. The van der Waals surface area contributed by atoms with Crippen LogP contribution in [-0.2, 0) is 4.79 Å². The second-order valence-electron chi connectivity index (χ2n) is 4.11. The third-order valence-electron chi connectivity index (χ3n) is 2.87. The van der Waals surface area contributed by atoms with Crippen molar-refractivity contribution in [3.8, 4) is 11.5 Å². The molecule has 0 atom stereocenters. The monoisotopic (exact) mass is 275 g/mol. The van der Waals surface area contributed by atoms with Crippen molar-refractivity contribution in [2.75, 3.05) is 27.3 Å². The van der Waals surface area contributed by atoms with Crippen LogP contribution in [0, 0.1) is 0 Å². The first-order valence-electron chi connectivity index (χ1n) is 6.46. The number of carbonyl (C=O) groups excluding carboxylic acids is 1. The Bertz CT molecular complexity index is 494. The highest BCUT2D eigenvalue weighted by Crippen LogP contribution is 2.27. The molecule has 0 aliphatic heterocycles. The second-order valence-corrected chi connectivity index (χ2v) is 4.11. The van der Waals surface area contributed by atoms with Gasteiger partial charge in [0.1, 0.15) is 0 Å². The number of benzene rings is 1. The fourth-order valence-electron chi connectivity index (χ4n) is 1.76. The highest BCUT2D eigenvalue weighted by molar-refractivity contribution is 5.91. The molecule has 4 nitrogen and oxygen atoms in total. The fraction of sp³-hybridized carbons (Fsp3) is 0.312. The molecule has 20 heavy (non-hydrogen) atoms. The zero-order chi connectivity index (χ0) is 15.0. The van der Waals surface area contributed by atoms with Crippen molar-refractivity contribution in [2.24, 2.45) is 0 Å². The first-order valence-corrected chi connectivity index (χ1v) is 6.46. The Kier molecular flexibility index (Phi) is 6.37. The Balaban J connectivity index is 2.84. The topological polar surface area (TPSA) is 38.8 Å². The van der Waals surface area contributed by atoms with Gasteiger partial charge in [0, 0.05) is 19.2 Å². The third-order valence-corrected chi connectivity index (χ3v) is 2.87. The summed E-state index contributed by atoms with van der Waals surface area (Å²) >= 11 is 0. The molecule has 0 bridgehead atoms. The van der Waals surface area contributed by atoms with E-state index in [1.165, 1.54) is 0 Å². The summed E-state index contributed by atoms with van der Waals surface area (Å²) in [5, 5.41) is 0. The van der Waals surface area contributed by atoms with Crippen molar-refractivity contribution < 1.29 is 14.3 Å². The average molecular weight is 275 g/mol. The quantitative estimate of drug-likeness (QED) is 0.567. The normalized spacial score (nSPS) is 10.3. The molecule has 0 radical (unpaired) electrons. The van der Waals surface area contributed by atoms with Crippen molar-refractivity contribution in [3.63, 3.8) is 0 Å². The molecule has 0 saturated heterocycles. The summed E-state index contributed by atoms with van der Waals surface area (Å²) in [5.41, 5.74) is 0.880. The summed E-state index contributed by atoms with van der Waals surface area (Å²) in [7, 11) is 3.17. The zero-order valence-electron chi connectivity index (χ0n) is 12.3. The van der Waals surface area contributed by atoms with E-state index in [0.717, 1.165) is 5.56 Å². The van der Waals surface area contributed by atoms with Gasteiger partial charge < -0.3 is 14.4 Å². The minimum atomic E-state index is -0.0396. The first kappa shape index (κ1) is 15.8. The molecule has 0 fully saturated rings.